The maximum Gasteiger partial charge on any atom is 0.214 e. The van der Waals surface area contributed by atoms with Crippen LogP contribution in [0.5, 0.6) is 0 Å². The molecule has 21 heavy (non-hydrogen) atoms. The van der Waals surface area contributed by atoms with Gasteiger partial charge in [-0.25, -0.2) is 17.5 Å². The largest absolute Gasteiger partial charge is 0.456 e. The summed E-state index contributed by atoms with van der Waals surface area (Å²) in [5.74, 6) is -0.256. The molecule has 2 aromatic rings. The molecule has 0 aliphatic carbocycles. The monoisotopic (exact) mass is 315 g/mol. The van der Waals surface area contributed by atoms with Gasteiger partial charge in [-0.05, 0) is 26.0 Å². The second-order valence-electron chi connectivity index (χ2n) is 4.97. The van der Waals surface area contributed by atoms with Gasteiger partial charge in [-0.2, -0.15) is 0 Å². The molecule has 0 amide bonds. The third-order valence-corrected chi connectivity index (χ3v) is 4.78. The standard InChI is InChI=1S/C14H18FNO4S/c1-9(19-3)8-21(17,18)16-10(2)13-7-11-5-4-6-12(15)14(11)20-13/h4-7,9-10,16H,8H2,1-3H3. The van der Waals surface area contributed by atoms with E-state index in [1.165, 1.54) is 13.2 Å². The zero-order valence-electron chi connectivity index (χ0n) is 12.1. The van der Waals surface area contributed by atoms with E-state index in [0.29, 0.717) is 11.1 Å². The number of rotatable bonds is 6. The first-order valence-electron chi connectivity index (χ1n) is 6.53. The van der Waals surface area contributed by atoms with Crippen molar-refractivity contribution in [3.8, 4) is 0 Å². The summed E-state index contributed by atoms with van der Waals surface area (Å²) >= 11 is 0. The summed E-state index contributed by atoms with van der Waals surface area (Å²) in [5, 5.41) is 0.598. The predicted octanol–water partition coefficient (Wildman–Crippen LogP) is 2.59. The van der Waals surface area contributed by atoms with E-state index in [2.05, 4.69) is 4.72 Å². The first-order chi connectivity index (χ1) is 9.82. The van der Waals surface area contributed by atoms with Gasteiger partial charge in [0.05, 0.1) is 17.9 Å². The third kappa shape index (κ3) is 3.81. The van der Waals surface area contributed by atoms with Crippen molar-refractivity contribution in [1.82, 2.24) is 4.72 Å². The lowest BCUT2D eigenvalue weighted by Crippen LogP contribution is -2.33. The van der Waals surface area contributed by atoms with Crippen LogP contribution in [0.2, 0.25) is 0 Å². The summed E-state index contributed by atoms with van der Waals surface area (Å²) in [4.78, 5) is 0. The van der Waals surface area contributed by atoms with Crippen LogP contribution in [0.15, 0.2) is 28.7 Å². The number of hydrogen-bond donors (Lipinski definition) is 1. The number of benzene rings is 1. The summed E-state index contributed by atoms with van der Waals surface area (Å²) in [7, 11) is -2.07. The Kier molecular flexibility index (Phi) is 4.65. The summed E-state index contributed by atoms with van der Waals surface area (Å²) in [6.45, 7) is 3.31. The normalized spacial score (nSPS) is 15.2. The Hall–Kier alpha value is -1.44. The fourth-order valence-electron chi connectivity index (χ4n) is 2.01. The Morgan fingerprint density at radius 1 is 1.38 bits per heavy atom. The molecule has 1 aromatic carbocycles. The lowest BCUT2D eigenvalue weighted by atomic mass is 10.2. The second-order valence-corrected chi connectivity index (χ2v) is 6.77. The quantitative estimate of drug-likeness (QED) is 0.889. The Bertz CT molecular complexity index is 726. The Morgan fingerprint density at radius 3 is 2.71 bits per heavy atom. The number of para-hydroxylation sites is 1. The molecule has 7 heteroatoms. The lowest BCUT2D eigenvalue weighted by molar-refractivity contribution is 0.136. The van der Waals surface area contributed by atoms with Crippen LogP contribution in [0.3, 0.4) is 0 Å². The first-order valence-corrected chi connectivity index (χ1v) is 8.18. The highest BCUT2D eigenvalue weighted by atomic mass is 32.2. The summed E-state index contributed by atoms with van der Waals surface area (Å²) in [5.41, 5.74) is 0.129. The van der Waals surface area contributed by atoms with E-state index in [0.717, 1.165) is 0 Å². The van der Waals surface area contributed by atoms with Gasteiger partial charge in [0, 0.05) is 12.5 Å². The van der Waals surface area contributed by atoms with E-state index in [4.69, 9.17) is 9.15 Å². The van der Waals surface area contributed by atoms with Gasteiger partial charge < -0.3 is 9.15 Å². The molecule has 0 fully saturated rings. The molecule has 2 atom stereocenters. The van der Waals surface area contributed by atoms with Crippen LogP contribution in [0.25, 0.3) is 11.0 Å². The fourth-order valence-corrected chi connectivity index (χ4v) is 3.52. The molecule has 0 saturated carbocycles. The van der Waals surface area contributed by atoms with Gasteiger partial charge in [-0.3, -0.25) is 0 Å². The number of methoxy groups -OCH3 is 1. The van der Waals surface area contributed by atoms with Crippen molar-refractivity contribution < 1.29 is 22.0 Å². The minimum absolute atomic E-state index is 0.129. The molecule has 0 radical (unpaired) electrons. The smallest absolute Gasteiger partial charge is 0.214 e. The molecule has 1 heterocycles. The van der Waals surface area contributed by atoms with Gasteiger partial charge in [0.1, 0.15) is 5.76 Å². The van der Waals surface area contributed by atoms with E-state index in [1.54, 1.807) is 32.0 Å². The highest BCUT2D eigenvalue weighted by Crippen LogP contribution is 2.26. The van der Waals surface area contributed by atoms with Gasteiger partial charge in [0.25, 0.3) is 0 Å². The Balaban J connectivity index is 2.19. The Morgan fingerprint density at radius 2 is 2.10 bits per heavy atom. The molecular formula is C14H18FNO4S. The highest BCUT2D eigenvalue weighted by Gasteiger charge is 2.21. The second kappa shape index (κ2) is 6.13. The Labute approximate surface area is 123 Å². The van der Waals surface area contributed by atoms with Crippen LogP contribution in [0, 0.1) is 5.82 Å². The lowest BCUT2D eigenvalue weighted by Gasteiger charge is -2.14. The predicted molar refractivity (Wildman–Crippen MR) is 78.0 cm³/mol. The average molecular weight is 315 g/mol. The molecule has 0 spiro atoms. The molecule has 0 aliphatic rings. The van der Waals surface area contributed by atoms with Crippen LogP contribution in [0.4, 0.5) is 4.39 Å². The molecule has 0 bridgehead atoms. The van der Waals surface area contributed by atoms with Gasteiger partial charge >= 0.3 is 0 Å². The molecular weight excluding hydrogens is 297 g/mol. The maximum atomic E-state index is 13.6. The van der Waals surface area contributed by atoms with Crippen molar-refractivity contribution in [2.24, 2.45) is 0 Å². The van der Waals surface area contributed by atoms with E-state index in [-0.39, 0.29) is 11.3 Å². The van der Waals surface area contributed by atoms with Crippen LogP contribution in [-0.4, -0.2) is 27.4 Å². The molecule has 116 valence electrons. The van der Waals surface area contributed by atoms with Gasteiger partial charge in [0.2, 0.25) is 10.0 Å². The number of halogens is 1. The van der Waals surface area contributed by atoms with E-state index >= 15 is 0 Å². The molecule has 2 unspecified atom stereocenters. The first kappa shape index (κ1) is 15.9. The zero-order valence-corrected chi connectivity index (χ0v) is 12.9. The van der Waals surface area contributed by atoms with Crippen LogP contribution >= 0.6 is 0 Å². The van der Waals surface area contributed by atoms with E-state index in [1.807, 2.05) is 0 Å². The summed E-state index contributed by atoms with van der Waals surface area (Å²) in [6.07, 6.45) is -0.414. The van der Waals surface area contributed by atoms with Crippen molar-refractivity contribution in [3.63, 3.8) is 0 Å². The maximum absolute atomic E-state index is 13.6. The highest BCUT2D eigenvalue weighted by molar-refractivity contribution is 7.89. The molecule has 1 N–H and O–H groups in total. The fraction of sp³-hybridized carbons (Fsp3) is 0.429. The number of fused-ring (bicyclic) bond motifs is 1. The molecule has 2 rings (SSSR count). The molecule has 0 aliphatic heterocycles. The number of sulfonamides is 1. The van der Waals surface area contributed by atoms with Crippen LogP contribution in [0.1, 0.15) is 25.6 Å². The topological polar surface area (TPSA) is 68.5 Å². The SMILES string of the molecule is COC(C)CS(=O)(=O)NC(C)c1cc2cccc(F)c2o1. The van der Waals surface area contributed by atoms with E-state index in [9.17, 15) is 12.8 Å². The molecule has 0 saturated heterocycles. The van der Waals surface area contributed by atoms with Crippen molar-refractivity contribution in [2.45, 2.75) is 26.0 Å². The van der Waals surface area contributed by atoms with Crippen molar-refractivity contribution in [3.05, 3.63) is 35.8 Å². The van der Waals surface area contributed by atoms with Crippen LogP contribution in [-0.2, 0) is 14.8 Å². The van der Waals surface area contributed by atoms with E-state index < -0.39 is 28.0 Å². The van der Waals surface area contributed by atoms with Gasteiger partial charge in [0.15, 0.2) is 11.4 Å². The number of furan rings is 1. The number of ether oxygens (including phenoxy) is 1. The average Bonchev–Trinajstić information content (AvgIpc) is 2.83. The third-order valence-electron chi connectivity index (χ3n) is 3.15. The summed E-state index contributed by atoms with van der Waals surface area (Å²) < 4.78 is 50.3. The number of nitrogens with one attached hydrogen (secondary N) is 1. The van der Waals surface area contributed by atoms with Gasteiger partial charge in [-0.1, -0.05) is 12.1 Å². The van der Waals surface area contributed by atoms with Crippen LogP contribution < -0.4 is 4.72 Å². The minimum Gasteiger partial charge on any atom is -0.456 e. The van der Waals surface area contributed by atoms with Gasteiger partial charge in [-0.15, -0.1) is 0 Å². The van der Waals surface area contributed by atoms with Crippen molar-refractivity contribution >= 4 is 21.0 Å². The molecule has 5 nitrogen and oxygen atoms in total. The zero-order chi connectivity index (χ0) is 15.6. The van der Waals surface area contributed by atoms with Crippen molar-refractivity contribution in [1.29, 1.82) is 0 Å². The summed E-state index contributed by atoms with van der Waals surface area (Å²) in [6, 6.07) is 5.62. The molecule has 1 aromatic heterocycles. The van der Waals surface area contributed by atoms with Crippen molar-refractivity contribution in [2.75, 3.05) is 12.9 Å². The minimum atomic E-state index is -3.52. The number of hydrogen-bond acceptors (Lipinski definition) is 4.